The molecule has 6 heteroatoms. The van der Waals surface area contributed by atoms with Crippen LogP contribution in [0.25, 0.3) is 0 Å². The van der Waals surface area contributed by atoms with Crippen LogP contribution in [0.15, 0.2) is 18.2 Å². The van der Waals surface area contributed by atoms with E-state index in [1.54, 1.807) is 13.8 Å². The molecule has 1 aromatic rings. The average molecular weight is 240 g/mol. The maximum atomic E-state index is 13.5. The predicted octanol–water partition coefficient (Wildman–Crippen LogP) is 2.22. The van der Waals surface area contributed by atoms with Crippen LogP contribution in [0.2, 0.25) is 0 Å². The molecule has 0 saturated carbocycles. The zero-order valence-electron chi connectivity index (χ0n) is 9.64. The van der Waals surface area contributed by atoms with E-state index in [0.717, 1.165) is 18.2 Å². The number of rotatable bonds is 4. The SMILES string of the molecule is CCN(CC)C(=O)c1ccc([N+](=O)[O-])cc1F. The molecule has 1 aromatic carbocycles. The summed E-state index contributed by atoms with van der Waals surface area (Å²) in [4.78, 5) is 23.0. The van der Waals surface area contributed by atoms with Gasteiger partial charge in [0.05, 0.1) is 16.6 Å². The lowest BCUT2D eigenvalue weighted by atomic mass is 10.1. The molecule has 0 aromatic heterocycles. The van der Waals surface area contributed by atoms with Gasteiger partial charge in [-0.25, -0.2) is 4.39 Å². The smallest absolute Gasteiger partial charge is 0.272 e. The molecule has 0 bridgehead atoms. The minimum Gasteiger partial charge on any atom is -0.339 e. The first-order chi connectivity index (χ1) is 8.01. The van der Waals surface area contributed by atoms with Gasteiger partial charge in [0.2, 0.25) is 0 Å². The van der Waals surface area contributed by atoms with Gasteiger partial charge < -0.3 is 4.90 Å². The van der Waals surface area contributed by atoms with Crippen molar-refractivity contribution in [3.05, 3.63) is 39.7 Å². The predicted molar refractivity (Wildman–Crippen MR) is 60.3 cm³/mol. The molecule has 0 aliphatic carbocycles. The molecule has 0 unspecified atom stereocenters. The third-order valence-corrected chi connectivity index (χ3v) is 2.44. The molecule has 0 saturated heterocycles. The molecule has 0 aliphatic heterocycles. The molecule has 1 rings (SSSR count). The number of non-ortho nitro benzene ring substituents is 1. The molecule has 17 heavy (non-hydrogen) atoms. The van der Waals surface area contributed by atoms with Crippen molar-refractivity contribution in [2.45, 2.75) is 13.8 Å². The molecule has 0 fully saturated rings. The Bertz CT molecular complexity index is 444. The van der Waals surface area contributed by atoms with Crippen molar-refractivity contribution in [3.63, 3.8) is 0 Å². The van der Waals surface area contributed by atoms with E-state index in [-0.39, 0.29) is 11.3 Å². The van der Waals surface area contributed by atoms with Gasteiger partial charge in [-0.2, -0.15) is 0 Å². The van der Waals surface area contributed by atoms with Gasteiger partial charge in [-0.3, -0.25) is 14.9 Å². The molecule has 0 radical (unpaired) electrons. The summed E-state index contributed by atoms with van der Waals surface area (Å²) in [7, 11) is 0. The van der Waals surface area contributed by atoms with Crippen molar-refractivity contribution < 1.29 is 14.1 Å². The number of halogens is 1. The Morgan fingerprint density at radius 2 is 2.00 bits per heavy atom. The van der Waals surface area contributed by atoms with E-state index >= 15 is 0 Å². The van der Waals surface area contributed by atoms with E-state index in [2.05, 4.69) is 0 Å². The highest BCUT2D eigenvalue weighted by Crippen LogP contribution is 2.17. The number of hydrogen-bond acceptors (Lipinski definition) is 3. The van der Waals surface area contributed by atoms with Crippen molar-refractivity contribution in [2.24, 2.45) is 0 Å². The second-order valence-electron chi connectivity index (χ2n) is 3.40. The molecule has 0 N–H and O–H groups in total. The van der Waals surface area contributed by atoms with Gasteiger partial charge >= 0.3 is 0 Å². The molecule has 0 aliphatic rings. The van der Waals surface area contributed by atoms with Crippen molar-refractivity contribution >= 4 is 11.6 Å². The number of carbonyl (C=O) groups is 1. The summed E-state index contributed by atoms with van der Waals surface area (Å²) in [5, 5.41) is 10.4. The van der Waals surface area contributed by atoms with Crippen molar-refractivity contribution in [1.82, 2.24) is 4.90 Å². The molecule has 1 amide bonds. The van der Waals surface area contributed by atoms with Gasteiger partial charge in [-0.15, -0.1) is 0 Å². The van der Waals surface area contributed by atoms with Crippen LogP contribution in [0.3, 0.4) is 0 Å². The van der Waals surface area contributed by atoms with E-state index in [1.807, 2.05) is 0 Å². The Kier molecular flexibility index (Phi) is 4.14. The lowest BCUT2D eigenvalue weighted by molar-refractivity contribution is -0.385. The van der Waals surface area contributed by atoms with E-state index in [0.29, 0.717) is 13.1 Å². The van der Waals surface area contributed by atoms with E-state index < -0.39 is 16.6 Å². The Morgan fingerprint density at radius 1 is 1.41 bits per heavy atom. The third kappa shape index (κ3) is 2.77. The summed E-state index contributed by atoms with van der Waals surface area (Å²) in [6.07, 6.45) is 0. The van der Waals surface area contributed by atoms with Gasteiger partial charge in [0, 0.05) is 19.2 Å². The highest BCUT2D eigenvalue weighted by molar-refractivity contribution is 5.94. The maximum Gasteiger partial charge on any atom is 0.272 e. The summed E-state index contributed by atoms with van der Waals surface area (Å²) < 4.78 is 13.5. The lowest BCUT2D eigenvalue weighted by Crippen LogP contribution is -2.31. The molecule has 5 nitrogen and oxygen atoms in total. The summed E-state index contributed by atoms with van der Waals surface area (Å²) in [6, 6.07) is 3.03. The lowest BCUT2D eigenvalue weighted by Gasteiger charge is -2.18. The van der Waals surface area contributed by atoms with E-state index in [9.17, 15) is 19.3 Å². The van der Waals surface area contributed by atoms with Gasteiger partial charge in [0.25, 0.3) is 11.6 Å². The summed E-state index contributed by atoms with van der Waals surface area (Å²) in [5.41, 5.74) is -0.502. The minimum atomic E-state index is -0.865. The van der Waals surface area contributed by atoms with Crippen LogP contribution < -0.4 is 0 Å². The fraction of sp³-hybridized carbons (Fsp3) is 0.364. The van der Waals surface area contributed by atoms with Crippen LogP contribution in [-0.2, 0) is 0 Å². The zero-order valence-corrected chi connectivity index (χ0v) is 9.64. The topological polar surface area (TPSA) is 63.5 Å². The van der Waals surface area contributed by atoms with Crippen LogP contribution in [0.1, 0.15) is 24.2 Å². The highest BCUT2D eigenvalue weighted by atomic mass is 19.1. The normalized spacial score (nSPS) is 10.1. The fourth-order valence-corrected chi connectivity index (χ4v) is 1.47. The number of amides is 1. The number of nitro groups is 1. The second-order valence-corrected chi connectivity index (χ2v) is 3.40. The fourth-order valence-electron chi connectivity index (χ4n) is 1.47. The Labute approximate surface area is 98.0 Å². The van der Waals surface area contributed by atoms with Crippen molar-refractivity contribution in [3.8, 4) is 0 Å². The minimum absolute atomic E-state index is 0.140. The van der Waals surface area contributed by atoms with Gasteiger partial charge in [0.15, 0.2) is 0 Å². The summed E-state index contributed by atoms with van der Waals surface area (Å²) in [6.45, 7) is 4.49. The van der Waals surface area contributed by atoms with Crippen LogP contribution in [-0.4, -0.2) is 28.8 Å². The number of carbonyl (C=O) groups excluding carboxylic acids is 1. The van der Waals surface area contributed by atoms with Gasteiger partial charge in [0.1, 0.15) is 5.82 Å². The third-order valence-electron chi connectivity index (χ3n) is 2.44. The maximum absolute atomic E-state index is 13.5. The molecular weight excluding hydrogens is 227 g/mol. The van der Waals surface area contributed by atoms with Crippen LogP contribution in [0.5, 0.6) is 0 Å². The summed E-state index contributed by atoms with van der Waals surface area (Å²) in [5.74, 6) is -1.32. The van der Waals surface area contributed by atoms with E-state index in [1.165, 1.54) is 4.90 Å². The van der Waals surface area contributed by atoms with Crippen LogP contribution in [0.4, 0.5) is 10.1 Å². The number of hydrogen-bond donors (Lipinski definition) is 0. The molecule has 0 atom stereocenters. The Balaban J connectivity index is 3.07. The molecule has 92 valence electrons. The molecule has 0 spiro atoms. The first-order valence-corrected chi connectivity index (χ1v) is 5.24. The quantitative estimate of drug-likeness (QED) is 0.598. The Morgan fingerprint density at radius 3 is 2.41 bits per heavy atom. The second kappa shape index (κ2) is 5.38. The number of benzene rings is 1. The van der Waals surface area contributed by atoms with Crippen LogP contribution in [0, 0.1) is 15.9 Å². The summed E-state index contributed by atoms with van der Waals surface area (Å²) >= 11 is 0. The highest BCUT2D eigenvalue weighted by Gasteiger charge is 2.19. The Hall–Kier alpha value is -1.98. The molecular formula is C11H13FN2O3. The van der Waals surface area contributed by atoms with Crippen molar-refractivity contribution in [1.29, 1.82) is 0 Å². The number of nitrogens with zero attached hydrogens (tertiary/aromatic N) is 2. The van der Waals surface area contributed by atoms with Gasteiger partial charge in [-0.1, -0.05) is 0 Å². The zero-order chi connectivity index (χ0) is 13.0. The standard InChI is InChI=1S/C11H13FN2O3/c1-3-13(4-2)11(15)9-6-5-8(14(16)17)7-10(9)12/h5-7H,3-4H2,1-2H3. The first kappa shape index (κ1) is 13.1. The van der Waals surface area contributed by atoms with Crippen LogP contribution >= 0.6 is 0 Å². The average Bonchev–Trinajstić information content (AvgIpc) is 2.30. The number of nitro benzene ring substituents is 1. The van der Waals surface area contributed by atoms with E-state index in [4.69, 9.17) is 0 Å². The monoisotopic (exact) mass is 240 g/mol. The largest absolute Gasteiger partial charge is 0.339 e. The van der Waals surface area contributed by atoms with Gasteiger partial charge in [-0.05, 0) is 19.9 Å². The molecule has 0 heterocycles. The van der Waals surface area contributed by atoms with Crippen molar-refractivity contribution in [2.75, 3.05) is 13.1 Å². The first-order valence-electron chi connectivity index (χ1n) is 5.24.